The van der Waals surface area contributed by atoms with Crippen molar-refractivity contribution >= 4 is 42.6 Å². The van der Waals surface area contributed by atoms with Crippen LogP contribution in [0.15, 0.2) is 36.4 Å². The standard InChI is InChI=1S/C19H21Cl2O3P/c1-3-10-23-13-8-9-17(16(12-13)24-11-4-2)25-19(22)18-14(20)6-5-7-15(18)21/h5-9,12,25H,3-4,10-11H2,1-2H3. The molecule has 25 heavy (non-hydrogen) atoms. The molecule has 0 saturated heterocycles. The summed E-state index contributed by atoms with van der Waals surface area (Å²) in [6, 6.07) is 10.6. The molecule has 0 aliphatic carbocycles. The lowest BCUT2D eigenvalue weighted by Crippen LogP contribution is -2.09. The van der Waals surface area contributed by atoms with Gasteiger partial charge >= 0.3 is 0 Å². The van der Waals surface area contributed by atoms with Gasteiger partial charge in [0.15, 0.2) is 5.52 Å². The minimum atomic E-state index is -0.131. The molecular formula is C19H21Cl2O3P. The zero-order valence-electron chi connectivity index (χ0n) is 14.3. The van der Waals surface area contributed by atoms with Crippen molar-refractivity contribution in [2.75, 3.05) is 13.2 Å². The lowest BCUT2D eigenvalue weighted by Gasteiger charge is -2.14. The van der Waals surface area contributed by atoms with E-state index >= 15 is 0 Å². The zero-order chi connectivity index (χ0) is 18.2. The Kier molecular flexibility index (Phi) is 8.02. The van der Waals surface area contributed by atoms with E-state index in [2.05, 4.69) is 6.92 Å². The fraction of sp³-hybridized carbons (Fsp3) is 0.316. The van der Waals surface area contributed by atoms with Crippen molar-refractivity contribution in [3.8, 4) is 11.5 Å². The van der Waals surface area contributed by atoms with Gasteiger partial charge in [0.05, 0.1) is 28.8 Å². The van der Waals surface area contributed by atoms with Crippen LogP contribution in [0.1, 0.15) is 37.0 Å². The fourth-order valence-corrected chi connectivity index (χ4v) is 3.95. The number of hydrogen-bond acceptors (Lipinski definition) is 3. The molecule has 0 aliphatic heterocycles. The molecule has 0 heterocycles. The second-order valence-corrected chi connectivity index (χ2v) is 7.46. The van der Waals surface area contributed by atoms with E-state index in [0.29, 0.717) is 34.6 Å². The summed E-state index contributed by atoms with van der Waals surface area (Å²) < 4.78 is 11.5. The van der Waals surface area contributed by atoms with E-state index in [1.807, 2.05) is 25.1 Å². The number of ether oxygens (including phenoxy) is 2. The Morgan fingerprint density at radius 2 is 1.64 bits per heavy atom. The Hall–Kier alpha value is -1.28. The van der Waals surface area contributed by atoms with Crippen LogP contribution in [0.25, 0.3) is 0 Å². The fourth-order valence-electron chi connectivity index (χ4n) is 2.15. The number of carbonyl (C=O) groups is 1. The first-order valence-corrected chi connectivity index (χ1v) is 9.97. The van der Waals surface area contributed by atoms with Gasteiger partial charge in [-0.3, -0.25) is 4.79 Å². The van der Waals surface area contributed by atoms with Crippen LogP contribution in [0.3, 0.4) is 0 Å². The Bertz CT molecular complexity index is 714. The molecule has 0 aliphatic rings. The van der Waals surface area contributed by atoms with Crippen molar-refractivity contribution < 1.29 is 14.3 Å². The molecule has 2 aromatic carbocycles. The summed E-state index contributed by atoms with van der Waals surface area (Å²) in [6.45, 7) is 5.31. The van der Waals surface area contributed by atoms with Crippen LogP contribution in [0.5, 0.6) is 11.5 Å². The molecule has 0 amide bonds. The predicted molar refractivity (Wildman–Crippen MR) is 107 cm³/mol. The van der Waals surface area contributed by atoms with E-state index < -0.39 is 0 Å². The molecule has 0 saturated carbocycles. The highest BCUT2D eigenvalue weighted by molar-refractivity contribution is 7.66. The molecule has 2 rings (SSSR count). The molecule has 0 aromatic heterocycles. The van der Waals surface area contributed by atoms with Crippen molar-refractivity contribution in [3.63, 3.8) is 0 Å². The molecule has 1 unspecified atom stereocenters. The summed E-state index contributed by atoms with van der Waals surface area (Å²) in [5.74, 6) is 1.41. The molecule has 0 N–H and O–H groups in total. The van der Waals surface area contributed by atoms with Gasteiger partial charge < -0.3 is 9.47 Å². The summed E-state index contributed by atoms with van der Waals surface area (Å²) in [7, 11) is -0.131. The molecule has 0 spiro atoms. The second kappa shape index (κ2) is 10.0. The zero-order valence-corrected chi connectivity index (χ0v) is 16.8. The summed E-state index contributed by atoms with van der Waals surface area (Å²) in [5.41, 5.74) is 0.246. The van der Waals surface area contributed by atoms with Gasteiger partial charge in [-0.05, 0) is 45.7 Å². The molecule has 6 heteroatoms. The van der Waals surface area contributed by atoms with Gasteiger partial charge in [0.2, 0.25) is 0 Å². The van der Waals surface area contributed by atoms with Gasteiger partial charge in [0, 0.05) is 11.4 Å². The average Bonchev–Trinajstić information content (AvgIpc) is 2.59. The Morgan fingerprint density at radius 3 is 2.28 bits per heavy atom. The Balaban J connectivity index is 2.26. The minimum absolute atomic E-state index is 0.112. The van der Waals surface area contributed by atoms with E-state index in [0.717, 1.165) is 23.9 Å². The largest absolute Gasteiger partial charge is 0.493 e. The van der Waals surface area contributed by atoms with Crippen molar-refractivity contribution in [2.45, 2.75) is 26.7 Å². The maximum absolute atomic E-state index is 12.7. The van der Waals surface area contributed by atoms with E-state index in [1.54, 1.807) is 18.2 Å². The molecule has 3 nitrogen and oxygen atoms in total. The van der Waals surface area contributed by atoms with Gasteiger partial charge in [-0.2, -0.15) is 0 Å². The quantitative estimate of drug-likeness (QED) is 0.507. The Labute approximate surface area is 160 Å². The molecule has 0 fully saturated rings. The lowest BCUT2D eigenvalue weighted by atomic mass is 10.2. The summed E-state index contributed by atoms with van der Waals surface area (Å²) in [5, 5.41) is 1.55. The van der Waals surface area contributed by atoms with Gasteiger partial charge in [-0.1, -0.05) is 43.1 Å². The second-order valence-electron chi connectivity index (χ2n) is 5.41. The third-order valence-electron chi connectivity index (χ3n) is 3.33. The van der Waals surface area contributed by atoms with E-state index in [1.165, 1.54) is 0 Å². The minimum Gasteiger partial charge on any atom is -0.493 e. The van der Waals surface area contributed by atoms with E-state index in [9.17, 15) is 4.79 Å². The van der Waals surface area contributed by atoms with Gasteiger partial charge in [-0.15, -0.1) is 0 Å². The molecule has 0 radical (unpaired) electrons. The average molecular weight is 399 g/mol. The first-order valence-electron chi connectivity index (χ1n) is 8.21. The first kappa shape index (κ1) is 20.0. The van der Waals surface area contributed by atoms with Gasteiger partial charge in [-0.25, -0.2) is 0 Å². The van der Waals surface area contributed by atoms with Crippen LogP contribution in [0.4, 0.5) is 0 Å². The number of hydrogen-bond donors (Lipinski definition) is 0. The number of rotatable bonds is 9. The van der Waals surface area contributed by atoms with Crippen LogP contribution >= 0.6 is 31.8 Å². The maximum atomic E-state index is 12.7. The van der Waals surface area contributed by atoms with Crippen LogP contribution in [-0.2, 0) is 0 Å². The van der Waals surface area contributed by atoms with Crippen molar-refractivity contribution in [3.05, 3.63) is 52.0 Å². The molecular weight excluding hydrogens is 378 g/mol. The van der Waals surface area contributed by atoms with Gasteiger partial charge in [0.25, 0.3) is 0 Å². The molecule has 0 bridgehead atoms. The number of carbonyl (C=O) groups excluding carboxylic acids is 1. The molecule has 134 valence electrons. The van der Waals surface area contributed by atoms with Crippen molar-refractivity contribution in [2.24, 2.45) is 0 Å². The first-order chi connectivity index (χ1) is 12.1. The monoisotopic (exact) mass is 398 g/mol. The van der Waals surface area contributed by atoms with Crippen molar-refractivity contribution in [1.82, 2.24) is 0 Å². The van der Waals surface area contributed by atoms with E-state index in [4.69, 9.17) is 32.7 Å². The summed E-state index contributed by atoms with van der Waals surface area (Å²) in [6.07, 6.45) is 1.81. The van der Waals surface area contributed by atoms with Crippen LogP contribution in [0, 0.1) is 0 Å². The highest BCUT2D eigenvalue weighted by Gasteiger charge is 2.17. The normalized spacial score (nSPS) is 11.0. The van der Waals surface area contributed by atoms with Crippen LogP contribution < -0.4 is 14.8 Å². The summed E-state index contributed by atoms with van der Waals surface area (Å²) >= 11 is 12.3. The third kappa shape index (κ3) is 5.60. The Morgan fingerprint density at radius 1 is 1.00 bits per heavy atom. The van der Waals surface area contributed by atoms with Crippen molar-refractivity contribution in [1.29, 1.82) is 0 Å². The molecule has 1 atom stereocenters. The highest BCUT2D eigenvalue weighted by Crippen LogP contribution is 2.33. The van der Waals surface area contributed by atoms with E-state index in [-0.39, 0.29) is 14.1 Å². The predicted octanol–water partition coefficient (Wildman–Crippen LogP) is 5.72. The van der Waals surface area contributed by atoms with Crippen LogP contribution in [-0.4, -0.2) is 18.7 Å². The van der Waals surface area contributed by atoms with Crippen LogP contribution in [0.2, 0.25) is 10.0 Å². The smallest absolute Gasteiger partial charge is 0.188 e. The SMILES string of the molecule is CCCOc1ccc(PC(=O)c2c(Cl)cccc2Cl)c(OCCC)c1. The maximum Gasteiger partial charge on any atom is 0.188 e. The van der Waals surface area contributed by atoms with Gasteiger partial charge in [0.1, 0.15) is 11.5 Å². The highest BCUT2D eigenvalue weighted by atomic mass is 35.5. The topological polar surface area (TPSA) is 35.5 Å². The number of halogens is 2. The molecule has 2 aromatic rings. The summed E-state index contributed by atoms with van der Waals surface area (Å²) in [4.78, 5) is 12.7. The lowest BCUT2D eigenvalue weighted by molar-refractivity contribution is 0.108. The third-order valence-corrected chi connectivity index (χ3v) is 5.12. The number of benzene rings is 2.